The third kappa shape index (κ3) is 5.54. The number of benzene rings is 4. The molecular weight excluding hydrogens is 522 g/mol. The predicted molar refractivity (Wildman–Crippen MR) is 158 cm³/mol. The second-order valence-electron chi connectivity index (χ2n) is 8.73. The van der Waals surface area contributed by atoms with Crippen LogP contribution >= 0.6 is 12.2 Å². The van der Waals surface area contributed by atoms with Crippen molar-refractivity contribution < 1.29 is 14.4 Å². The lowest BCUT2D eigenvalue weighted by Gasteiger charge is -2.11. The molecule has 2 amide bonds. The smallest absolute Gasteiger partial charge is 0.278 e. The zero-order valence-corrected chi connectivity index (χ0v) is 21.9. The zero-order chi connectivity index (χ0) is 28.1. The Balaban J connectivity index is 1.58. The molecule has 0 bridgehead atoms. The fourth-order valence-corrected chi connectivity index (χ4v) is 4.40. The van der Waals surface area contributed by atoms with Crippen molar-refractivity contribution in [2.45, 2.75) is 0 Å². The van der Waals surface area contributed by atoms with Crippen LogP contribution in [0.3, 0.4) is 0 Å². The second-order valence-corrected chi connectivity index (χ2v) is 9.14. The number of rotatable bonds is 7. The van der Waals surface area contributed by atoms with Crippen LogP contribution in [-0.4, -0.2) is 32.5 Å². The number of thiocarbonyl (C=S) groups is 1. The molecular formula is C31H23N5O3S. The first kappa shape index (κ1) is 26.2. The Bertz CT molecular complexity index is 1700. The van der Waals surface area contributed by atoms with Gasteiger partial charge in [0.25, 0.3) is 5.91 Å². The number of hydrogen-bond donors (Lipinski definition) is 3. The van der Waals surface area contributed by atoms with E-state index >= 15 is 0 Å². The number of nitrogens with two attached hydrogens (primary N) is 1. The fourth-order valence-electron chi connectivity index (χ4n) is 4.19. The molecule has 196 valence electrons. The lowest BCUT2D eigenvalue weighted by atomic mass is 9.97. The van der Waals surface area contributed by atoms with Gasteiger partial charge in [0.15, 0.2) is 16.6 Å². The summed E-state index contributed by atoms with van der Waals surface area (Å²) in [6.07, 6.45) is 0. The Morgan fingerprint density at radius 1 is 0.725 bits per heavy atom. The molecule has 8 nitrogen and oxygen atoms in total. The van der Waals surface area contributed by atoms with Crippen LogP contribution < -0.4 is 16.4 Å². The summed E-state index contributed by atoms with van der Waals surface area (Å²) in [5, 5.41) is 10.2. The topological polar surface area (TPSA) is 119 Å². The number of anilines is 1. The number of primary amides is 1. The first-order valence-electron chi connectivity index (χ1n) is 12.3. The van der Waals surface area contributed by atoms with E-state index in [-0.39, 0.29) is 22.2 Å². The molecule has 4 aromatic carbocycles. The van der Waals surface area contributed by atoms with Crippen molar-refractivity contribution in [2.75, 3.05) is 5.32 Å². The van der Waals surface area contributed by atoms with E-state index in [0.29, 0.717) is 33.8 Å². The summed E-state index contributed by atoms with van der Waals surface area (Å²) in [5.41, 5.74) is 8.52. The first-order valence-corrected chi connectivity index (χ1v) is 12.7. The van der Waals surface area contributed by atoms with E-state index in [1.807, 2.05) is 66.7 Å². The number of carbonyl (C=O) groups excluding carboxylic acids is 3. The second kappa shape index (κ2) is 11.5. The SMILES string of the molecule is NC(=O)c1ccc(NC(=S)NC(=O)c2nn(-c3ccccc3)c(-c3ccccc3)c2C(=O)c2ccccc2)cc1. The van der Waals surface area contributed by atoms with Crippen molar-refractivity contribution in [1.82, 2.24) is 15.1 Å². The van der Waals surface area contributed by atoms with Crippen LogP contribution in [0.2, 0.25) is 0 Å². The van der Waals surface area contributed by atoms with Crippen LogP contribution in [0.15, 0.2) is 115 Å². The summed E-state index contributed by atoms with van der Waals surface area (Å²) >= 11 is 5.37. The maximum absolute atomic E-state index is 14.0. The molecule has 5 aromatic rings. The summed E-state index contributed by atoms with van der Waals surface area (Å²) in [7, 11) is 0. The Morgan fingerprint density at radius 3 is 1.90 bits per heavy atom. The van der Waals surface area contributed by atoms with Crippen molar-refractivity contribution in [2.24, 2.45) is 5.73 Å². The molecule has 0 radical (unpaired) electrons. The minimum atomic E-state index is -0.655. The van der Waals surface area contributed by atoms with Crippen molar-refractivity contribution in [1.29, 1.82) is 0 Å². The maximum atomic E-state index is 14.0. The summed E-state index contributed by atoms with van der Waals surface area (Å²) in [6.45, 7) is 0. The summed E-state index contributed by atoms with van der Waals surface area (Å²) < 4.78 is 1.60. The van der Waals surface area contributed by atoms with Crippen LogP contribution in [0.25, 0.3) is 16.9 Å². The molecule has 0 fully saturated rings. The Hall–Kier alpha value is -5.41. The molecule has 9 heteroatoms. The average Bonchev–Trinajstić information content (AvgIpc) is 3.39. The van der Waals surface area contributed by atoms with Crippen molar-refractivity contribution in [3.05, 3.63) is 138 Å². The third-order valence-electron chi connectivity index (χ3n) is 6.07. The van der Waals surface area contributed by atoms with Gasteiger partial charge in [-0.05, 0) is 48.6 Å². The number of carbonyl (C=O) groups is 3. The van der Waals surface area contributed by atoms with Gasteiger partial charge in [-0.3, -0.25) is 19.7 Å². The molecule has 0 aliphatic rings. The number of ketones is 1. The van der Waals surface area contributed by atoms with Crippen LogP contribution in [0.1, 0.15) is 36.8 Å². The molecule has 40 heavy (non-hydrogen) atoms. The van der Waals surface area contributed by atoms with Gasteiger partial charge in [0.1, 0.15) is 0 Å². The molecule has 0 aliphatic carbocycles. The summed E-state index contributed by atoms with van der Waals surface area (Å²) in [4.78, 5) is 38.9. The van der Waals surface area contributed by atoms with Gasteiger partial charge in [0.2, 0.25) is 5.91 Å². The highest BCUT2D eigenvalue weighted by Gasteiger charge is 2.30. The van der Waals surface area contributed by atoms with E-state index in [2.05, 4.69) is 15.7 Å². The number of nitrogens with one attached hydrogen (secondary N) is 2. The minimum absolute atomic E-state index is 0.00884. The standard InChI is InChI=1S/C31H23N5O3S/c32-29(38)22-16-18-23(19-17-22)33-31(40)34-30(39)26-25(28(37)21-12-6-2-7-13-21)27(20-10-4-1-5-11-20)36(35-26)24-14-8-3-9-15-24/h1-19H,(H2,32,38)(H2,33,34,39,40). The van der Waals surface area contributed by atoms with E-state index in [1.54, 1.807) is 53.2 Å². The van der Waals surface area contributed by atoms with Crippen molar-refractivity contribution >= 4 is 40.6 Å². The van der Waals surface area contributed by atoms with Gasteiger partial charge in [-0.1, -0.05) is 78.9 Å². The van der Waals surface area contributed by atoms with Crippen LogP contribution in [0, 0.1) is 0 Å². The number of amides is 2. The quantitative estimate of drug-likeness (QED) is 0.196. The van der Waals surface area contributed by atoms with Gasteiger partial charge in [-0.25, -0.2) is 4.68 Å². The number of aromatic nitrogens is 2. The van der Waals surface area contributed by atoms with Crippen LogP contribution in [-0.2, 0) is 0 Å². The lowest BCUT2D eigenvalue weighted by Crippen LogP contribution is -2.35. The third-order valence-corrected chi connectivity index (χ3v) is 6.27. The van der Waals surface area contributed by atoms with Gasteiger partial charge in [0, 0.05) is 22.4 Å². The fraction of sp³-hybridized carbons (Fsp3) is 0. The van der Waals surface area contributed by atoms with Gasteiger partial charge in [-0.2, -0.15) is 5.10 Å². The first-order chi connectivity index (χ1) is 19.4. The molecule has 0 atom stereocenters. The van der Waals surface area contributed by atoms with Crippen LogP contribution in [0.5, 0.6) is 0 Å². The number of hydrogen-bond acceptors (Lipinski definition) is 5. The summed E-state index contributed by atoms with van der Waals surface area (Å²) in [5.74, 6) is -1.56. The largest absolute Gasteiger partial charge is 0.366 e. The zero-order valence-electron chi connectivity index (χ0n) is 21.1. The Morgan fingerprint density at radius 2 is 1.30 bits per heavy atom. The van der Waals surface area contributed by atoms with Gasteiger partial charge >= 0.3 is 0 Å². The molecule has 0 unspecified atom stereocenters. The number of nitrogens with zero attached hydrogens (tertiary/aromatic N) is 2. The molecule has 0 saturated carbocycles. The lowest BCUT2D eigenvalue weighted by molar-refractivity contribution is 0.0958. The summed E-state index contributed by atoms with van der Waals surface area (Å²) in [6, 6.07) is 33.6. The van der Waals surface area contributed by atoms with Crippen molar-refractivity contribution in [3.63, 3.8) is 0 Å². The van der Waals surface area contributed by atoms with Gasteiger partial charge in [0.05, 0.1) is 16.9 Å². The normalized spacial score (nSPS) is 10.5. The highest BCUT2D eigenvalue weighted by atomic mass is 32.1. The minimum Gasteiger partial charge on any atom is -0.366 e. The van der Waals surface area contributed by atoms with Crippen molar-refractivity contribution in [3.8, 4) is 16.9 Å². The van der Waals surface area contributed by atoms with E-state index < -0.39 is 11.8 Å². The highest BCUT2D eigenvalue weighted by Crippen LogP contribution is 2.31. The highest BCUT2D eigenvalue weighted by molar-refractivity contribution is 7.80. The molecule has 0 aliphatic heterocycles. The molecule has 4 N–H and O–H groups in total. The molecule has 0 saturated heterocycles. The molecule has 0 spiro atoms. The Kier molecular flexibility index (Phi) is 7.56. The molecule has 5 rings (SSSR count). The van der Waals surface area contributed by atoms with Crippen LogP contribution in [0.4, 0.5) is 5.69 Å². The monoisotopic (exact) mass is 545 g/mol. The number of para-hydroxylation sites is 1. The predicted octanol–water partition coefficient (Wildman–Crippen LogP) is 5.00. The maximum Gasteiger partial charge on any atom is 0.278 e. The Labute approximate surface area is 235 Å². The van der Waals surface area contributed by atoms with E-state index in [4.69, 9.17) is 18.0 Å². The van der Waals surface area contributed by atoms with Gasteiger partial charge < -0.3 is 11.1 Å². The van der Waals surface area contributed by atoms with Gasteiger partial charge in [-0.15, -0.1) is 0 Å². The average molecular weight is 546 g/mol. The molecule has 1 aromatic heterocycles. The van der Waals surface area contributed by atoms with E-state index in [0.717, 1.165) is 0 Å². The van der Waals surface area contributed by atoms with E-state index in [9.17, 15) is 14.4 Å². The van der Waals surface area contributed by atoms with E-state index in [1.165, 1.54) is 0 Å². The molecule has 1 heterocycles.